The molecule has 1 aromatic carbocycles. The first kappa shape index (κ1) is 13.3. The summed E-state index contributed by atoms with van der Waals surface area (Å²) in [4.78, 5) is 24.7. The molecule has 0 unspecified atom stereocenters. The molecule has 1 saturated heterocycles. The van der Waals surface area contributed by atoms with Crippen LogP contribution in [0.2, 0.25) is 0 Å². The number of benzene rings is 1. The van der Waals surface area contributed by atoms with Crippen molar-refractivity contribution in [3.05, 3.63) is 24.0 Å². The number of carbonyl (C=O) groups excluding carboxylic acids is 2. The Morgan fingerprint density at radius 2 is 2.32 bits per heavy atom. The molecular weight excluding hydrogens is 251 g/mol. The molecule has 7 heteroatoms. The predicted molar refractivity (Wildman–Crippen MR) is 68.9 cm³/mol. The lowest BCUT2D eigenvalue weighted by atomic mass is 10.2. The highest BCUT2D eigenvalue weighted by atomic mass is 19.1. The number of rotatable bonds is 3. The molecule has 1 heterocycles. The van der Waals surface area contributed by atoms with E-state index in [1.807, 2.05) is 0 Å². The van der Waals surface area contributed by atoms with E-state index in [4.69, 9.17) is 5.73 Å². The number of hydrogen-bond donors (Lipinski definition) is 3. The minimum Gasteiger partial charge on any atom is -0.396 e. The SMILES string of the molecule is Nc1cc(NC(=O)CN2CCNC(=O)C2)ccc1F. The summed E-state index contributed by atoms with van der Waals surface area (Å²) in [6.45, 7) is 1.49. The molecule has 0 spiro atoms. The number of nitrogens with two attached hydrogens (primary N) is 1. The highest BCUT2D eigenvalue weighted by Gasteiger charge is 2.18. The van der Waals surface area contributed by atoms with Gasteiger partial charge in [0.15, 0.2) is 0 Å². The fraction of sp³-hybridized carbons (Fsp3) is 0.333. The Balaban J connectivity index is 1.90. The largest absolute Gasteiger partial charge is 0.396 e. The molecule has 1 aliphatic heterocycles. The maximum atomic E-state index is 13.0. The van der Waals surface area contributed by atoms with E-state index < -0.39 is 5.82 Å². The molecule has 19 heavy (non-hydrogen) atoms. The molecule has 2 rings (SSSR count). The molecule has 102 valence electrons. The van der Waals surface area contributed by atoms with Crippen molar-refractivity contribution in [3.63, 3.8) is 0 Å². The summed E-state index contributed by atoms with van der Waals surface area (Å²) in [5.41, 5.74) is 5.83. The van der Waals surface area contributed by atoms with Gasteiger partial charge >= 0.3 is 0 Å². The minimum atomic E-state index is -0.522. The van der Waals surface area contributed by atoms with Gasteiger partial charge in [0.05, 0.1) is 18.8 Å². The molecule has 1 aliphatic rings. The van der Waals surface area contributed by atoms with E-state index in [-0.39, 0.29) is 30.6 Å². The first-order valence-electron chi connectivity index (χ1n) is 5.88. The Labute approximate surface area is 109 Å². The Bertz CT molecular complexity index is 507. The maximum Gasteiger partial charge on any atom is 0.238 e. The number of nitrogens with one attached hydrogen (secondary N) is 2. The van der Waals surface area contributed by atoms with Crippen molar-refractivity contribution in [1.29, 1.82) is 0 Å². The molecule has 0 bridgehead atoms. The molecule has 1 fully saturated rings. The highest BCUT2D eigenvalue weighted by molar-refractivity contribution is 5.93. The Hall–Kier alpha value is -2.15. The van der Waals surface area contributed by atoms with Gasteiger partial charge in [-0.1, -0.05) is 0 Å². The lowest BCUT2D eigenvalue weighted by Gasteiger charge is -2.25. The number of amides is 2. The van der Waals surface area contributed by atoms with Gasteiger partial charge in [-0.2, -0.15) is 0 Å². The third kappa shape index (κ3) is 3.65. The number of nitrogens with zero attached hydrogens (tertiary/aromatic N) is 1. The van der Waals surface area contributed by atoms with Gasteiger partial charge in [-0.05, 0) is 18.2 Å². The van der Waals surface area contributed by atoms with E-state index in [2.05, 4.69) is 10.6 Å². The van der Waals surface area contributed by atoms with E-state index >= 15 is 0 Å². The van der Waals surface area contributed by atoms with Gasteiger partial charge < -0.3 is 16.4 Å². The van der Waals surface area contributed by atoms with Crippen LogP contribution in [0.25, 0.3) is 0 Å². The van der Waals surface area contributed by atoms with Crippen LogP contribution < -0.4 is 16.4 Å². The number of hydrogen-bond acceptors (Lipinski definition) is 4. The second-order valence-corrected chi connectivity index (χ2v) is 4.35. The van der Waals surface area contributed by atoms with Crippen LogP contribution in [0, 0.1) is 5.82 Å². The fourth-order valence-electron chi connectivity index (χ4n) is 1.85. The highest BCUT2D eigenvalue weighted by Crippen LogP contribution is 2.16. The topological polar surface area (TPSA) is 87.5 Å². The van der Waals surface area contributed by atoms with Crippen molar-refractivity contribution in [2.75, 3.05) is 37.2 Å². The molecule has 0 aromatic heterocycles. The average Bonchev–Trinajstić information content (AvgIpc) is 2.34. The quantitative estimate of drug-likeness (QED) is 0.660. The summed E-state index contributed by atoms with van der Waals surface area (Å²) in [5, 5.41) is 5.29. The van der Waals surface area contributed by atoms with Crippen molar-refractivity contribution < 1.29 is 14.0 Å². The van der Waals surface area contributed by atoms with Crippen LogP contribution in [0.15, 0.2) is 18.2 Å². The average molecular weight is 266 g/mol. The fourth-order valence-corrected chi connectivity index (χ4v) is 1.85. The number of carbonyl (C=O) groups is 2. The Kier molecular flexibility index (Phi) is 3.96. The van der Waals surface area contributed by atoms with Crippen molar-refractivity contribution in [1.82, 2.24) is 10.2 Å². The summed E-state index contributed by atoms with van der Waals surface area (Å²) in [7, 11) is 0. The van der Waals surface area contributed by atoms with Crippen molar-refractivity contribution in [2.45, 2.75) is 0 Å². The van der Waals surface area contributed by atoms with E-state index in [0.29, 0.717) is 18.8 Å². The van der Waals surface area contributed by atoms with Gasteiger partial charge in [0.1, 0.15) is 5.82 Å². The summed E-state index contributed by atoms with van der Waals surface area (Å²) in [6, 6.07) is 3.99. The van der Waals surface area contributed by atoms with Gasteiger partial charge in [0, 0.05) is 18.8 Å². The van der Waals surface area contributed by atoms with Crippen LogP contribution in [0.5, 0.6) is 0 Å². The maximum absolute atomic E-state index is 13.0. The van der Waals surface area contributed by atoms with Crippen molar-refractivity contribution in [2.24, 2.45) is 0 Å². The first-order valence-corrected chi connectivity index (χ1v) is 5.88. The number of anilines is 2. The summed E-state index contributed by atoms with van der Waals surface area (Å²) in [6.07, 6.45) is 0. The molecule has 0 radical (unpaired) electrons. The van der Waals surface area contributed by atoms with Crippen LogP contribution in [-0.2, 0) is 9.59 Å². The third-order valence-electron chi connectivity index (χ3n) is 2.76. The third-order valence-corrected chi connectivity index (χ3v) is 2.76. The minimum absolute atomic E-state index is 0.0184. The standard InChI is InChI=1S/C12H15FN4O2/c13-9-2-1-8(5-10(9)14)16-12(19)7-17-4-3-15-11(18)6-17/h1-2,5H,3-4,6-7,14H2,(H,15,18)(H,16,19). The molecule has 1 aromatic rings. The molecule has 2 amide bonds. The lowest BCUT2D eigenvalue weighted by molar-refractivity contribution is -0.125. The zero-order valence-corrected chi connectivity index (χ0v) is 10.3. The second-order valence-electron chi connectivity index (χ2n) is 4.35. The van der Waals surface area contributed by atoms with Gasteiger partial charge in [-0.3, -0.25) is 14.5 Å². The lowest BCUT2D eigenvalue weighted by Crippen LogP contribution is -2.49. The molecule has 0 atom stereocenters. The summed E-state index contributed by atoms with van der Waals surface area (Å²) >= 11 is 0. The van der Waals surface area contributed by atoms with E-state index in [1.54, 1.807) is 4.90 Å². The number of piperazine rings is 1. The predicted octanol–water partition coefficient (Wildman–Crippen LogP) is -0.222. The Morgan fingerprint density at radius 3 is 3.00 bits per heavy atom. The summed E-state index contributed by atoms with van der Waals surface area (Å²) < 4.78 is 13.0. The van der Waals surface area contributed by atoms with Crippen LogP contribution in [0.3, 0.4) is 0 Å². The zero-order chi connectivity index (χ0) is 13.8. The van der Waals surface area contributed by atoms with E-state index in [9.17, 15) is 14.0 Å². The second kappa shape index (κ2) is 5.66. The van der Waals surface area contributed by atoms with E-state index in [1.165, 1.54) is 18.2 Å². The normalized spacial score (nSPS) is 15.9. The Morgan fingerprint density at radius 1 is 1.53 bits per heavy atom. The molecule has 6 nitrogen and oxygen atoms in total. The van der Waals surface area contributed by atoms with Gasteiger partial charge in [0.25, 0.3) is 0 Å². The molecule has 0 aliphatic carbocycles. The van der Waals surface area contributed by atoms with Gasteiger partial charge in [-0.25, -0.2) is 4.39 Å². The monoisotopic (exact) mass is 266 g/mol. The zero-order valence-electron chi connectivity index (χ0n) is 10.3. The van der Waals surface area contributed by atoms with E-state index in [0.717, 1.165) is 0 Å². The molecule has 0 saturated carbocycles. The number of nitrogen functional groups attached to an aromatic ring is 1. The first-order chi connectivity index (χ1) is 9.04. The smallest absolute Gasteiger partial charge is 0.238 e. The van der Waals surface area contributed by atoms with Gasteiger partial charge in [-0.15, -0.1) is 0 Å². The van der Waals surface area contributed by atoms with Gasteiger partial charge in [0.2, 0.25) is 11.8 Å². The summed E-state index contributed by atoms with van der Waals surface area (Å²) in [5.74, 6) is -0.878. The van der Waals surface area contributed by atoms with Crippen LogP contribution in [0.4, 0.5) is 15.8 Å². The van der Waals surface area contributed by atoms with Crippen LogP contribution in [0.1, 0.15) is 0 Å². The number of halogens is 1. The molecular formula is C12H15FN4O2. The van der Waals surface area contributed by atoms with Crippen LogP contribution in [-0.4, -0.2) is 42.9 Å². The van der Waals surface area contributed by atoms with Crippen molar-refractivity contribution >= 4 is 23.2 Å². The molecule has 4 N–H and O–H groups in total. The van der Waals surface area contributed by atoms with Crippen molar-refractivity contribution in [3.8, 4) is 0 Å². The van der Waals surface area contributed by atoms with Crippen LogP contribution >= 0.6 is 0 Å².